The van der Waals surface area contributed by atoms with Crippen LogP contribution in [0.15, 0.2) is 36.9 Å². The van der Waals surface area contributed by atoms with Gasteiger partial charge in [-0.1, -0.05) is 51.1 Å². The van der Waals surface area contributed by atoms with Gasteiger partial charge in [0, 0.05) is 19.1 Å². The lowest BCUT2D eigenvalue weighted by atomic mass is 10.1. The van der Waals surface area contributed by atoms with E-state index in [1.807, 2.05) is 6.08 Å². The van der Waals surface area contributed by atoms with Gasteiger partial charge in [-0.05, 0) is 37.1 Å². The van der Waals surface area contributed by atoms with Crippen molar-refractivity contribution in [1.82, 2.24) is 10.2 Å². The molecule has 1 N–H and O–H groups in total. The third-order valence-corrected chi connectivity index (χ3v) is 3.32. The van der Waals surface area contributed by atoms with Crippen molar-refractivity contribution < 1.29 is 0 Å². The van der Waals surface area contributed by atoms with Crippen LogP contribution in [0.5, 0.6) is 0 Å². The first kappa shape index (κ1) is 16.9. The second-order valence-corrected chi connectivity index (χ2v) is 5.70. The Hall–Kier alpha value is -1.12. The number of nitrogens with one attached hydrogen (secondary N) is 1. The summed E-state index contributed by atoms with van der Waals surface area (Å²) in [4.78, 5) is 2.43. The molecule has 0 aliphatic rings. The average Bonchev–Trinajstić information content (AvgIpc) is 2.41. The number of rotatable bonds is 10. The quantitative estimate of drug-likeness (QED) is 0.656. The Kier molecular flexibility index (Phi) is 8.24. The minimum absolute atomic E-state index is 0.566. The van der Waals surface area contributed by atoms with Crippen molar-refractivity contribution in [3.05, 3.63) is 48.0 Å². The summed E-state index contributed by atoms with van der Waals surface area (Å²) in [6.07, 6.45) is 4.28. The van der Waals surface area contributed by atoms with Gasteiger partial charge in [-0.3, -0.25) is 4.90 Å². The molecule has 1 aromatic rings. The van der Waals surface area contributed by atoms with E-state index in [0.717, 1.165) is 32.6 Å². The van der Waals surface area contributed by atoms with Crippen molar-refractivity contribution in [3.63, 3.8) is 0 Å². The SMILES string of the molecule is C=CCN(CCC)Cc1ccc(CCNC(C)C)cc1. The molecule has 0 saturated carbocycles. The van der Waals surface area contributed by atoms with Gasteiger partial charge in [0.2, 0.25) is 0 Å². The van der Waals surface area contributed by atoms with Gasteiger partial charge >= 0.3 is 0 Å². The molecule has 1 aromatic carbocycles. The molecule has 0 unspecified atom stereocenters. The second kappa shape index (κ2) is 9.73. The van der Waals surface area contributed by atoms with Crippen molar-refractivity contribution in [2.24, 2.45) is 0 Å². The zero-order valence-electron chi connectivity index (χ0n) is 13.4. The van der Waals surface area contributed by atoms with E-state index in [9.17, 15) is 0 Å². The van der Waals surface area contributed by atoms with E-state index in [1.54, 1.807) is 0 Å². The van der Waals surface area contributed by atoms with E-state index in [0.29, 0.717) is 6.04 Å². The summed E-state index contributed by atoms with van der Waals surface area (Å²) >= 11 is 0. The normalized spacial score (nSPS) is 11.2. The van der Waals surface area contributed by atoms with Gasteiger partial charge in [-0.25, -0.2) is 0 Å². The van der Waals surface area contributed by atoms with Gasteiger partial charge in [0.05, 0.1) is 0 Å². The standard InChI is InChI=1S/C18H30N2/c1-5-13-20(14-6-2)15-18-9-7-17(8-10-18)11-12-19-16(3)4/h5,7-10,16,19H,1,6,11-15H2,2-4H3. The fourth-order valence-corrected chi connectivity index (χ4v) is 2.31. The molecule has 0 heterocycles. The van der Waals surface area contributed by atoms with Crippen LogP contribution in [-0.2, 0) is 13.0 Å². The molecule has 0 atom stereocenters. The summed E-state index contributed by atoms with van der Waals surface area (Å²) in [6.45, 7) is 14.6. The Labute approximate surface area is 124 Å². The van der Waals surface area contributed by atoms with Crippen LogP contribution in [0.3, 0.4) is 0 Å². The molecule has 0 radical (unpaired) electrons. The van der Waals surface area contributed by atoms with Crippen LogP contribution in [0.4, 0.5) is 0 Å². The Bertz CT molecular complexity index is 368. The van der Waals surface area contributed by atoms with Crippen LogP contribution in [0, 0.1) is 0 Å². The summed E-state index contributed by atoms with van der Waals surface area (Å²) in [5.41, 5.74) is 2.80. The minimum Gasteiger partial charge on any atom is -0.314 e. The van der Waals surface area contributed by atoms with Gasteiger partial charge in [0.1, 0.15) is 0 Å². The third kappa shape index (κ3) is 6.88. The maximum absolute atomic E-state index is 3.84. The van der Waals surface area contributed by atoms with E-state index in [-0.39, 0.29) is 0 Å². The van der Waals surface area contributed by atoms with Crippen LogP contribution >= 0.6 is 0 Å². The first-order valence-electron chi connectivity index (χ1n) is 7.80. The first-order valence-corrected chi connectivity index (χ1v) is 7.80. The third-order valence-electron chi connectivity index (χ3n) is 3.32. The van der Waals surface area contributed by atoms with Crippen molar-refractivity contribution in [2.75, 3.05) is 19.6 Å². The molecule has 112 valence electrons. The van der Waals surface area contributed by atoms with Crippen LogP contribution in [0.1, 0.15) is 38.3 Å². The lowest BCUT2D eigenvalue weighted by Gasteiger charge is -2.20. The summed E-state index contributed by atoms with van der Waals surface area (Å²) in [5.74, 6) is 0. The van der Waals surface area contributed by atoms with E-state index in [1.165, 1.54) is 17.5 Å². The summed E-state index contributed by atoms with van der Waals surface area (Å²) in [7, 11) is 0. The molecule has 0 fully saturated rings. The maximum Gasteiger partial charge on any atom is 0.0237 e. The van der Waals surface area contributed by atoms with E-state index >= 15 is 0 Å². The summed E-state index contributed by atoms with van der Waals surface area (Å²) < 4.78 is 0. The molecular formula is C18H30N2. The Morgan fingerprint density at radius 3 is 2.40 bits per heavy atom. The van der Waals surface area contributed by atoms with E-state index < -0.39 is 0 Å². The lowest BCUT2D eigenvalue weighted by molar-refractivity contribution is 0.295. The molecule has 20 heavy (non-hydrogen) atoms. The highest BCUT2D eigenvalue weighted by Gasteiger charge is 2.03. The molecule has 2 heteroatoms. The molecule has 0 aromatic heterocycles. The van der Waals surface area contributed by atoms with Gasteiger partial charge in [-0.15, -0.1) is 6.58 Å². The highest BCUT2D eigenvalue weighted by molar-refractivity contribution is 5.22. The van der Waals surface area contributed by atoms with E-state index in [4.69, 9.17) is 0 Å². The van der Waals surface area contributed by atoms with E-state index in [2.05, 4.69) is 61.8 Å². The molecule has 0 amide bonds. The van der Waals surface area contributed by atoms with Crippen LogP contribution < -0.4 is 5.32 Å². The fourth-order valence-electron chi connectivity index (χ4n) is 2.31. The lowest BCUT2D eigenvalue weighted by Crippen LogP contribution is -2.25. The van der Waals surface area contributed by atoms with Crippen molar-refractivity contribution >= 4 is 0 Å². The largest absolute Gasteiger partial charge is 0.314 e. The molecule has 1 rings (SSSR count). The smallest absolute Gasteiger partial charge is 0.0237 e. The van der Waals surface area contributed by atoms with Gasteiger partial charge in [-0.2, -0.15) is 0 Å². The Morgan fingerprint density at radius 2 is 1.85 bits per heavy atom. The topological polar surface area (TPSA) is 15.3 Å². The predicted octanol–water partition coefficient (Wildman–Crippen LogP) is 3.63. The van der Waals surface area contributed by atoms with Gasteiger partial charge < -0.3 is 5.32 Å². The molecule has 0 saturated heterocycles. The fraction of sp³-hybridized carbons (Fsp3) is 0.556. The van der Waals surface area contributed by atoms with Crippen molar-refractivity contribution in [2.45, 2.75) is 46.2 Å². The van der Waals surface area contributed by atoms with Crippen LogP contribution in [0.2, 0.25) is 0 Å². The van der Waals surface area contributed by atoms with Crippen LogP contribution in [0.25, 0.3) is 0 Å². The highest BCUT2D eigenvalue weighted by atomic mass is 15.1. The van der Waals surface area contributed by atoms with Crippen molar-refractivity contribution in [1.29, 1.82) is 0 Å². The van der Waals surface area contributed by atoms with Crippen molar-refractivity contribution in [3.8, 4) is 0 Å². The molecule has 0 aliphatic carbocycles. The monoisotopic (exact) mass is 274 g/mol. The summed E-state index contributed by atoms with van der Waals surface area (Å²) in [5, 5.41) is 3.45. The van der Waals surface area contributed by atoms with Gasteiger partial charge in [0.25, 0.3) is 0 Å². The molecule has 0 spiro atoms. The second-order valence-electron chi connectivity index (χ2n) is 5.70. The molecule has 0 bridgehead atoms. The van der Waals surface area contributed by atoms with Gasteiger partial charge in [0.15, 0.2) is 0 Å². The van der Waals surface area contributed by atoms with Crippen LogP contribution in [-0.4, -0.2) is 30.6 Å². The number of hydrogen-bond acceptors (Lipinski definition) is 2. The minimum atomic E-state index is 0.566. The zero-order valence-corrected chi connectivity index (χ0v) is 13.4. The maximum atomic E-state index is 3.84. The number of nitrogens with zero attached hydrogens (tertiary/aromatic N) is 1. The number of hydrogen-bond donors (Lipinski definition) is 1. The highest BCUT2D eigenvalue weighted by Crippen LogP contribution is 2.08. The first-order chi connectivity index (χ1) is 9.65. The zero-order chi connectivity index (χ0) is 14.8. The Balaban J connectivity index is 2.46. The molecule has 2 nitrogen and oxygen atoms in total. The Morgan fingerprint density at radius 1 is 1.20 bits per heavy atom. The summed E-state index contributed by atoms with van der Waals surface area (Å²) in [6, 6.07) is 9.60. The molecule has 0 aliphatic heterocycles. The number of benzene rings is 1. The average molecular weight is 274 g/mol. The predicted molar refractivity (Wildman–Crippen MR) is 89.0 cm³/mol. The molecular weight excluding hydrogens is 244 g/mol.